The van der Waals surface area contributed by atoms with E-state index in [1.807, 2.05) is 19.0 Å². The van der Waals surface area contributed by atoms with Crippen molar-refractivity contribution in [3.8, 4) is 0 Å². The molecule has 0 amide bonds. The molecule has 0 unspecified atom stereocenters. The van der Waals surface area contributed by atoms with Crippen molar-refractivity contribution in [3.05, 3.63) is 0 Å². The van der Waals surface area contributed by atoms with Crippen molar-refractivity contribution >= 4 is 15.3 Å². The minimum atomic E-state index is -1.28. The third kappa shape index (κ3) is 7.32. The topological polar surface area (TPSA) is 79.2 Å². The highest BCUT2D eigenvalue weighted by atomic mass is 28.3. The molecule has 1 rings (SSSR count). The summed E-state index contributed by atoms with van der Waals surface area (Å²) in [5.41, 5.74) is 0. The molecule has 2 N–H and O–H groups in total. The fourth-order valence-electron chi connectivity index (χ4n) is 1.92. The van der Waals surface area contributed by atoms with Crippen molar-refractivity contribution in [2.45, 2.75) is 12.5 Å². The molecule has 1 heterocycles. The normalized spacial score (nSPS) is 19.6. The van der Waals surface area contributed by atoms with E-state index >= 15 is 0 Å². The molecule has 0 atom stereocenters. The number of quaternary nitrogens is 1. The maximum Gasteiger partial charge on any atom is 0.390 e. The minimum Gasteiger partial charge on any atom is -0.481 e. The average Bonchev–Trinajstić information content (AvgIpc) is 2.35. The number of aliphatic hydroxyl groups is 1. The Morgan fingerprint density at radius 3 is 2.35 bits per heavy atom. The number of aliphatic carboxylic acids is 1. The standard InChI is InChI=1S/C12H25N2O5Si/c1-14(2,6-3-12(16)17)7-10-20-18-8-4-13(11-15)5-9-19-20/h15H,3-11H2,1-2H3/p+1. The molecule has 8 heteroatoms. The molecule has 1 radical (unpaired) electrons. The zero-order chi connectivity index (χ0) is 15.0. The molecule has 117 valence electrons. The van der Waals surface area contributed by atoms with Crippen LogP contribution in [-0.2, 0) is 13.6 Å². The van der Waals surface area contributed by atoms with Gasteiger partial charge in [-0.05, 0) is 0 Å². The third-order valence-corrected chi connectivity index (χ3v) is 5.08. The van der Waals surface area contributed by atoms with Crippen molar-refractivity contribution in [1.82, 2.24) is 4.90 Å². The van der Waals surface area contributed by atoms with Gasteiger partial charge in [0.05, 0.1) is 40.3 Å². The number of rotatable bonds is 7. The largest absolute Gasteiger partial charge is 0.481 e. The SMILES string of the molecule is C[N+](C)(CCC(=O)O)CC[Si]1OCCN(CO)CCO1. The Kier molecular flexibility index (Phi) is 7.63. The summed E-state index contributed by atoms with van der Waals surface area (Å²) in [6.45, 7) is 4.12. The molecule has 0 aromatic carbocycles. The van der Waals surface area contributed by atoms with E-state index in [0.29, 0.717) is 24.2 Å². The molecular formula is C12H26N2O5Si+. The summed E-state index contributed by atoms with van der Waals surface area (Å²) in [6, 6.07) is 0.844. The van der Waals surface area contributed by atoms with Crippen LogP contribution >= 0.6 is 0 Å². The van der Waals surface area contributed by atoms with E-state index in [0.717, 1.165) is 25.7 Å². The quantitative estimate of drug-likeness (QED) is 0.479. The van der Waals surface area contributed by atoms with Crippen LogP contribution in [0.1, 0.15) is 6.42 Å². The second kappa shape index (κ2) is 8.70. The van der Waals surface area contributed by atoms with Gasteiger partial charge in [-0.15, -0.1) is 0 Å². The van der Waals surface area contributed by atoms with E-state index < -0.39 is 15.3 Å². The smallest absolute Gasteiger partial charge is 0.390 e. The molecule has 0 bridgehead atoms. The van der Waals surface area contributed by atoms with Gasteiger partial charge in [0.25, 0.3) is 0 Å². The molecule has 0 aliphatic carbocycles. The van der Waals surface area contributed by atoms with Crippen LogP contribution in [0.2, 0.25) is 6.04 Å². The van der Waals surface area contributed by atoms with Crippen LogP contribution in [0.25, 0.3) is 0 Å². The highest BCUT2D eigenvalue weighted by Gasteiger charge is 2.25. The molecule has 1 aliphatic heterocycles. The lowest BCUT2D eigenvalue weighted by Crippen LogP contribution is -2.45. The molecule has 1 aliphatic rings. The predicted molar refractivity (Wildman–Crippen MR) is 75.2 cm³/mol. The lowest BCUT2D eigenvalue weighted by Gasteiger charge is -2.31. The summed E-state index contributed by atoms with van der Waals surface area (Å²) < 4.78 is 12.1. The van der Waals surface area contributed by atoms with E-state index in [2.05, 4.69) is 0 Å². The van der Waals surface area contributed by atoms with Gasteiger partial charge in [-0.3, -0.25) is 9.69 Å². The van der Waals surface area contributed by atoms with Gasteiger partial charge in [0.2, 0.25) is 0 Å². The van der Waals surface area contributed by atoms with E-state index in [1.165, 1.54) is 0 Å². The number of aliphatic hydroxyl groups excluding tert-OH is 1. The first-order valence-electron chi connectivity index (χ1n) is 6.91. The van der Waals surface area contributed by atoms with Crippen molar-refractivity contribution < 1.29 is 28.3 Å². The first kappa shape index (κ1) is 17.5. The first-order valence-corrected chi connectivity index (χ1v) is 8.44. The molecular weight excluding hydrogens is 280 g/mol. The fraction of sp³-hybridized carbons (Fsp3) is 0.917. The second-order valence-corrected chi connectivity index (χ2v) is 7.43. The maximum absolute atomic E-state index is 10.6. The van der Waals surface area contributed by atoms with Crippen LogP contribution in [0.4, 0.5) is 0 Å². The van der Waals surface area contributed by atoms with Gasteiger partial charge in [0.15, 0.2) is 0 Å². The maximum atomic E-state index is 10.6. The molecule has 0 saturated carbocycles. The van der Waals surface area contributed by atoms with Gasteiger partial charge in [-0.1, -0.05) is 0 Å². The van der Waals surface area contributed by atoms with Gasteiger partial charge < -0.3 is 23.5 Å². The minimum absolute atomic E-state index is 0.0356. The van der Waals surface area contributed by atoms with E-state index in [1.54, 1.807) is 0 Å². The zero-order valence-electron chi connectivity index (χ0n) is 12.4. The van der Waals surface area contributed by atoms with Crippen molar-refractivity contribution in [3.63, 3.8) is 0 Å². The van der Waals surface area contributed by atoms with Crippen LogP contribution in [0.15, 0.2) is 0 Å². The zero-order valence-corrected chi connectivity index (χ0v) is 13.4. The van der Waals surface area contributed by atoms with Crippen LogP contribution in [0.3, 0.4) is 0 Å². The number of carbonyl (C=O) groups is 1. The monoisotopic (exact) mass is 306 g/mol. The number of carboxylic acids is 1. The molecule has 1 saturated heterocycles. The Balaban J connectivity index is 2.28. The molecule has 1 fully saturated rings. The molecule has 7 nitrogen and oxygen atoms in total. The summed E-state index contributed by atoms with van der Waals surface area (Å²) in [4.78, 5) is 12.5. The summed E-state index contributed by atoms with van der Waals surface area (Å²) >= 11 is 0. The van der Waals surface area contributed by atoms with Gasteiger partial charge in [-0.25, -0.2) is 0 Å². The van der Waals surface area contributed by atoms with E-state index in [4.69, 9.17) is 19.1 Å². The lowest BCUT2D eigenvalue weighted by molar-refractivity contribution is -0.887. The second-order valence-electron chi connectivity index (χ2n) is 5.61. The Bertz CT molecular complexity index is 294. The van der Waals surface area contributed by atoms with Crippen molar-refractivity contribution in [2.75, 3.05) is 60.2 Å². The highest BCUT2D eigenvalue weighted by molar-refractivity contribution is 6.44. The van der Waals surface area contributed by atoms with E-state index in [9.17, 15) is 4.79 Å². The number of hydrogen-bond acceptors (Lipinski definition) is 5. The van der Waals surface area contributed by atoms with Crippen molar-refractivity contribution in [1.29, 1.82) is 0 Å². The van der Waals surface area contributed by atoms with Crippen LogP contribution < -0.4 is 0 Å². The lowest BCUT2D eigenvalue weighted by atomic mass is 10.3. The Morgan fingerprint density at radius 1 is 1.25 bits per heavy atom. The number of nitrogens with zero attached hydrogens (tertiary/aromatic N) is 2. The number of carboxylic acid groups (broad SMARTS) is 1. The van der Waals surface area contributed by atoms with Gasteiger partial charge in [0.1, 0.15) is 0 Å². The van der Waals surface area contributed by atoms with Crippen LogP contribution in [0, 0.1) is 0 Å². The average molecular weight is 306 g/mol. The molecule has 0 aromatic rings. The summed E-state index contributed by atoms with van der Waals surface area (Å²) in [5, 5.41) is 17.8. The van der Waals surface area contributed by atoms with Crippen LogP contribution in [0.5, 0.6) is 0 Å². The molecule has 0 spiro atoms. The van der Waals surface area contributed by atoms with Gasteiger partial charge >= 0.3 is 15.3 Å². The summed E-state index contributed by atoms with van der Waals surface area (Å²) in [7, 11) is 2.78. The Morgan fingerprint density at radius 2 is 1.85 bits per heavy atom. The van der Waals surface area contributed by atoms with Crippen LogP contribution in [-0.4, -0.2) is 95.1 Å². The summed E-state index contributed by atoms with van der Waals surface area (Å²) in [6.07, 6.45) is 0.183. The predicted octanol–water partition coefficient (Wildman–Crippen LogP) is -0.676. The molecule has 0 aromatic heterocycles. The number of hydrogen-bond donors (Lipinski definition) is 2. The van der Waals surface area contributed by atoms with Gasteiger partial charge in [0, 0.05) is 32.3 Å². The van der Waals surface area contributed by atoms with Gasteiger partial charge in [-0.2, -0.15) is 0 Å². The third-order valence-electron chi connectivity index (χ3n) is 3.39. The van der Waals surface area contributed by atoms with Crippen molar-refractivity contribution in [2.24, 2.45) is 0 Å². The Hall–Kier alpha value is -0.513. The van der Waals surface area contributed by atoms with E-state index in [-0.39, 0.29) is 13.2 Å². The summed E-state index contributed by atoms with van der Waals surface area (Å²) in [5.74, 6) is -0.757. The highest BCUT2D eigenvalue weighted by Crippen LogP contribution is 2.08. The Labute approximate surface area is 122 Å². The fourth-order valence-corrected chi connectivity index (χ4v) is 3.72. The molecule has 20 heavy (non-hydrogen) atoms. The first-order chi connectivity index (χ1) is 9.43.